The molecule has 2 fully saturated rings. The molecule has 3 N–H and O–H groups in total. The molecule has 6 nitrogen and oxygen atoms in total. The number of hydrogen-bond acceptors (Lipinski definition) is 5. The molecule has 0 radical (unpaired) electrons. The summed E-state index contributed by atoms with van der Waals surface area (Å²) in [6.07, 6.45) is 14.3. The summed E-state index contributed by atoms with van der Waals surface area (Å²) in [5.41, 5.74) is 6.82. The molecule has 3 rings (SSSR count). The number of nitrogens with two attached hydrogens (primary N) is 1. The third-order valence-corrected chi connectivity index (χ3v) is 7.05. The third-order valence-electron chi connectivity index (χ3n) is 6.20. The highest BCUT2D eigenvalue weighted by atomic mass is 32.1. The second-order valence-corrected chi connectivity index (χ2v) is 9.33. The van der Waals surface area contributed by atoms with Crippen molar-refractivity contribution < 1.29 is 9.59 Å². The Morgan fingerprint density at radius 2 is 2.14 bits per heavy atom. The number of amides is 3. The highest BCUT2D eigenvalue weighted by molar-refractivity contribution is 7.15. The number of nitrogens with one attached hydrogen (secondary N) is 1. The fourth-order valence-electron chi connectivity index (χ4n) is 4.49. The molecule has 1 saturated heterocycles. The summed E-state index contributed by atoms with van der Waals surface area (Å²) in [6, 6.07) is -0.427. The molecule has 3 atom stereocenters. The number of imide groups is 1. The highest BCUT2D eigenvalue weighted by Crippen LogP contribution is 2.33. The molecule has 158 valence electrons. The van der Waals surface area contributed by atoms with Crippen molar-refractivity contribution in [2.24, 2.45) is 11.8 Å². The standard InChI is InChI=1S/C22H32N4O2S/c1-4-5-9-14(2)19(16-10-7-6-8-11-16)25-22(28)26-15(3)18(20(26)27)12-17-13-24-21(23)29-17/h4-5,9,13,15-16,18-19H,6-8,10-12H2,1-3H3,(H2,23,24)(H,25,28)/b5-4-,14-9+/t15?,18-,19?/m1/s1. The Labute approximate surface area is 177 Å². The number of nitrogen functional groups attached to an aromatic ring is 1. The Morgan fingerprint density at radius 3 is 2.72 bits per heavy atom. The molecule has 0 bridgehead atoms. The number of carbonyl (C=O) groups excluding carboxylic acids is 2. The molecular weight excluding hydrogens is 384 g/mol. The number of urea groups is 1. The van der Waals surface area contributed by atoms with E-state index in [1.807, 2.05) is 26.0 Å². The Balaban J connectivity index is 1.66. The summed E-state index contributed by atoms with van der Waals surface area (Å²) < 4.78 is 0. The van der Waals surface area contributed by atoms with Gasteiger partial charge in [-0.2, -0.15) is 0 Å². The molecule has 2 heterocycles. The number of nitrogens with zero attached hydrogens (tertiary/aromatic N) is 2. The number of thiazole rings is 1. The van der Waals surface area contributed by atoms with Gasteiger partial charge in [0.25, 0.3) is 0 Å². The van der Waals surface area contributed by atoms with Crippen LogP contribution in [-0.2, 0) is 11.2 Å². The maximum atomic E-state index is 13.0. The van der Waals surface area contributed by atoms with E-state index in [0.29, 0.717) is 17.5 Å². The van der Waals surface area contributed by atoms with Gasteiger partial charge in [0.05, 0.1) is 18.0 Å². The number of aromatic nitrogens is 1. The Bertz CT molecular complexity index is 794. The average molecular weight is 417 g/mol. The van der Waals surface area contributed by atoms with Gasteiger partial charge < -0.3 is 11.1 Å². The zero-order valence-electron chi connectivity index (χ0n) is 17.6. The summed E-state index contributed by atoms with van der Waals surface area (Å²) in [6.45, 7) is 5.99. The lowest BCUT2D eigenvalue weighted by Crippen LogP contribution is -2.65. The van der Waals surface area contributed by atoms with Crippen LogP contribution in [0.4, 0.5) is 9.93 Å². The summed E-state index contributed by atoms with van der Waals surface area (Å²) in [7, 11) is 0. The number of hydrogen-bond donors (Lipinski definition) is 2. The van der Waals surface area contributed by atoms with E-state index in [1.165, 1.54) is 35.5 Å². The predicted octanol–water partition coefficient (Wildman–Crippen LogP) is 4.30. The number of anilines is 1. The normalized spacial score (nSPS) is 24.6. The van der Waals surface area contributed by atoms with Gasteiger partial charge in [-0.15, -0.1) is 11.3 Å². The summed E-state index contributed by atoms with van der Waals surface area (Å²) in [5, 5.41) is 3.69. The predicted molar refractivity (Wildman–Crippen MR) is 117 cm³/mol. The van der Waals surface area contributed by atoms with Crippen LogP contribution in [0.3, 0.4) is 0 Å². The third kappa shape index (κ3) is 4.89. The fraction of sp³-hybridized carbons (Fsp3) is 0.591. The van der Waals surface area contributed by atoms with Crippen LogP contribution >= 0.6 is 11.3 Å². The Morgan fingerprint density at radius 1 is 1.41 bits per heavy atom. The van der Waals surface area contributed by atoms with Gasteiger partial charge in [0.15, 0.2) is 5.13 Å². The van der Waals surface area contributed by atoms with Gasteiger partial charge in [0, 0.05) is 11.1 Å². The zero-order valence-corrected chi connectivity index (χ0v) is 18.4. The molecular formula is C22H32N4O2S. The maximum absolute atomic E-state index is 13.0. The fourth-order valence-corrected chi connectivity index (χ4v) is 5.23. The molecule has 1 aliphatic carbocycles. The van der Waals surface area contributed by atoms with Crippen LogP contribution in [-0.4, -0.2) is 33.9 Å². The van der Waals surface area contributed by atoms with Crippen molar-refractivity contribution >= 4 is 28.4 Å². The second kappa shape index (κ2) is 9.57. The molecule has 1 saturated carbocycles. The van der Waals surface area contributed by atoms with Crippen molar-refractivity contribution in [2.45, 2.75) is 71.4 Å². The van der Waals surface area contributed by atoms with Gasteiger partial charge >= 0.3 is 6.03 Å². The van der Waals surface area contributed by atoms with Crippen LogP contribution in [0.25, 0.3) is 0 Å². The van der Waals surface area contributed by atoms with Crippen LogP contribution in [0.2, 0.25) is 0 Å². The van der Waals surface area contributed by atoms with E-state index in [0.717, 1.165) is 23.3 Å². The van der Waals surface area contributed by atoms with Gasteiger partial charge in [0.1, 0.15) is 0 Å². The van der Waals surface area contributed by atoms with Gasteiger partial charge in [-0.1, -0.05) is 43.1 Å². The first-order chi connectivity index (χ1) is 13.9. The molecule has 1 aromatic rings. The quantitative estimate of drug-likeness (QED) is 0.535. The highest BCUT2D eigenvalue weighted by Gasteiger charge is 2.48. The SMILES string of the molecule is C/C=C\C=C(/C)C(NC(=O)N1C(=O)[C@H](Cc2cnc(N)s2)C1C)C1CCCCC1. The van der Waals surface area contributed by atoms with Crippen LogP contribution < -0.4 is 11.1 Å². The van der Waals surface area contributed by atoms with Crippen molar-refractivity contribution in [2.75, 3.05) is 5.73 Å². The lowest BCUT2D eigenvalue weighted by atomic mass is 9.81. The first-order valence-electron chi connectivity index (χ1n) is 10.6. The van der Waals surface area contributed by atoms with E-state index in [2.05, 4.69) is 23.3 Å². The number of β-lactam (4-membered cyclic amide) rings is 1. The molecule has 7 heteroatoms. The van der Waals surface area contributed by atoms with Crippen LogP contribution in [0.1, 0.15) is 57.8 Å². The molecule has 2 aliphatic rings. The minimum Gasteiger partial charge on any atom is -0.375 e. The molecule has 3 amide bonds. The summed E-state index contributed by atoms with van der Waals surface area (Å²) >= 11 is 1.40. The lowest BCUT2D eigenvalue weighted by molar-refractivity contribution is -0.148. The van der Waals surface area contributed by atoms with E-state index >= 15 is 0 Å². The van der Waals surface area contributed by atoms with Crippen molar-refractivity contribution in [3.63, 3.8) is 0 Å². The van der Waals surface area contributed by atoms with E-state index in [9.17, 15) is 9.59 Å². The lowest BCUT2D eigenvalue weighted by Gasteiger charge is -2.44. The van der Waals surface area contributed by atoms with Crippen LogP contribution in [0.5, 0.6) is 0 Å². The molecule has 1 aliphatic heterocycles. The number of allylic oxidation sites excluding steroid dienone is 3. The van der Waals surface area contributed by atoms with Gasteiger partial charge in [-0.3, -0.25) is 9.69 Å². The van der Waals surface area contributed by atoms with Crippen molar-refractivity contribution in [3.8, 4) is 0 Å². The largest absolute Gasteiger partial charge is 0.375 e. The smallest absolute Gasteiger partial charge is 0.324 e. The van der Waals surface area contributed by atoms with Gasteiger partial charge in [-0.05, 0) is 46.0 Å². The molecule has 29 heavy (non-hydrogen) atoms. The molecule has 2 unspecified atom stereocenters. The molecule has 0 aromatic carbocycles. The van der Waals surface area contributed by atoms with Crippen LogP contribution in [0, 0.1) is 11.8 Å². The molecule has 1 aromatic heterocycles. The van der Waals surface area contributed by atoms with Crippen molar-refractivity contribution in [3.05, 3.63) is 34.9 Å². The number of likely N-dealkylation sites (tertiary alicyclic amines) is 1. The minimum atomic E-state index is -0.272. The van der Waals surface area contributed by atoms with Crippen molar-refractivity contribution in [1.82, 2.24) is 15.2 Å². The zero-order chi connectivity index (χ0) is 21.0. The summed E-state index contributed by atoms with van der Waals surface area (Å²) in [4.78, 5) is 32.1. The molecule has 0 spiro atoms. The van der Waals surface area contributed by atoms with Gasteiger partial charge in [0.2, 0.25) is 5.91 Å². The Hall–Kier alpha value is -2.15. The first kappa shape index (κ1) is 21.6. The van der Waals surface area contributed by atoms with Gasteiger partial charge in [-0.25, -0.2) is 9.78 Å². The van der Waals surface area contributed by atoms with E-state index in [-0.39, 0.29) is 29.9 Å². The van der Waals surface area contributed by atoms with Crippen molar-refractivity contribution in [1.29, 1.82) is 0 Å². The maximum Gasteiger partial charge on any atom is 0.324 e. The second-order valence-electron chi connectivity index (χ2n) is 8.19. The minimum absolute atomic E-state index is 0.0284. The average Bonchev–Trinajstić information content (AvgIpc) is 3.14. The Kier molecular flexibility index (Phi) is 7.11. The van der Waals surface area contributed by atoms with Crippen LogP contribution in [0.15, 0.2) is 30.0 Å². The number of rotatable bonds is 6. The summed E-state index contributed by atoms with van der Waals surface area (Å²) in [5.74, 6) is 0.129. The van der Waals surface area contributed by atoms with E-state index in [4.69, 9.17) is 5.73 Å². The first-order valence-corrected chi connectivity index (χ1v) is 11.4. The monoisotopic (exact) mass is 416 g/mol. The van der Waals surface area contributed by atoms with E-state index in [1.54, 1.807) is 6.20 Å². The topological polar surface area (TPSA) is 88.3 Å². The number of carbonyl (C=O) groups is 2. The van der Waals surface area contributed by atoms with E-state index < -0.39 is 0 Å².